The Labute approximate surface area is 159 Å². The quantitative estimate of drug-likeness (QED) is 0.825. The minimum atomic E-state index is -3.32. The van der Waals surface area contributed by atoms with Crippen LogP contribution < -0.4 is 10.3 Å². The normalized spacial score (nSPS) is 25.1. The molecular weight excluding hydrogens is 364 g/mol. The molecule has 0 aliphatic carbocycles. The molecule has 2 bridgehead atoms. The Hall–Kier alpha value is -2.03. The van der Waals surface area contributed by atoms with Crippen LogP contribution in [0.2, 0.25) is 0 Å². The van der Waals surface area contributed by atoms with E-state index in [0.29, 0.717) is 0 Å². The van der Waals surface area contributed by atoms with Crippen LogP contribution in [0.15, 0.2) is 47.4 Å². The summed E-state index contributed by atoms with van der Waals surface area (Å²) in [4.78, 5) is 19.4. The predicted molar refractivity (Wildman–Crippen MR) is 103 cm³/mol. The van der Waals surface area contributed by atoms with Crippen LogP contribution in [-0.2, 0) is 16.6 Å². The summed E-state index contributed by atoms with van der Waals surface area (Å²) in [5.74, 6) is 0.491. The molecule has 4 heterocycles. The van der Waals surface area contributed by atoms with Gasteiger partial charge in [-0.3, -0.25) is 14.7 Å². The third-order valence-corrected chi connectivity index (χ3v) is 6.23. The summed E-state index contributed by atoms with van der Waals surface area (Å²) in [6.45, 7) is 2.70. The van der Waals surface area contributed by atoms with Gasteiger partial charge in [0.1, 0.15) is 0 Å². The molecule has 8 heteroatoms. The third kappa shape index (κ3) is 3.97. The zero-order valence-electron chi connectivity index (χ0n) is 15.3. The number of nitrogens with zero attached hydrogens (tertiary/aromatic N) is 3. The molecule has 2 aromatic rings. The van der Waals surface area contributed by atoms with Gasteiger partial charge in [-0.1, -0.05) is 12.1 Å². The van der Waals surface area contributed by atoms with Crippen LogP contribution in [0.5, 0.6) is 0 Å². The number of rotatable bonds is 5. The van der Waals surface area contributed by atoms with Gasteiger partial charge in [-0.25, -0.2) is 13.1 Å². The smallest absolute Gasteiger partial charge is 0.251 e. The molecule has 0 aromatic carbocycles. The topological polar surface area (TPSA) is 84.3 Å². The molecule has 1 N–H and O–H groups in total. The lowest BCUT2D eigenvalue weighted by atomic mass is 9.78. The maximum absolute atomic E-state index is 12.6. The Morgan fingerprint density at radius 1 is 1.19 bits per heavy atom. The van der Waals surface area contributed by atoms with Crippen LogP contribution >= 0.6 is 0 Å². The molecule has 27 heavy (non-hydrogen) atoms. The van der Waals surface area contributed by atoms with Gasteiger partial charge < -0.3 is 4.57 Å². The fourth-order valence-corrected chi connectivity index (χ4v) is 4.96. The van der Waals surface area contributed by atoms with Gasteiger partial charge in [0.25, 0.3) is 5.56 Å². The van der Waals surface area contributed by atoms with E-state index in [2.05, 4.69) is 14.6 Å². The first kappa shape index (κ1) is 18.3. The number of sulfonamides is 1. The Kier molecular flexibility index (Phi) is 4.88. The van der Waals surface area contributed by atoms with Gasteiger partial charge in [0.2, 0.25) is 10.0 Å². The maximum Gasteiger partial charge on any atom is 0.251 e. The van der Waals surface area contributed by atoms with Crippen molar-refractivity contribution >= 4 is 10.0 Å². The molecular formula is C19H24N4O3S. The molecule has 0 unspecified atom stereocenters. The molecule has 0 amide bonds. The van der Waals surface area contributed by atoms with E-state index in [1.807, 2.05) is 28.8 Å². The van der Waals surface area contributed by atoms with Crippen LogP contribution in [0.3, 0.4) is 0 Å². The van der Waals surface area contributed by atoms with Gasteiger partial charge in [0.15, 0.2) is 0 Å². The molecule has 4 rings (SSSR count). The van der Waals surface area contributed by atoms with Crippen LogP contribution in [0.4, 0.5) is 0 Å². The van der Waals surface area contributed by atoms with Crippen molar-refractivity contribution in [1.82, 2.24) is 19.2 Å². The summed E-state index contributed by atoms with van der Waals surface area (Å²) in [7, 11) is -3.32. The van der Waals surface area contributed by atoms with Crippen LogP contribution in [0, 0.1) is 5.92 Å². The number of hydrogen-bond acceptors (Lipinski definition) is 5. The third-order valence-electron chi connectivity index (χ3n) is 5.54. The van der Waals surface area contributed by atoms with Crippen molar-refractivity contribution in [2.45, 2.75) is 24.9 Å². The zero-order chi connectivity index (χ0) is 19.0. The predicted octanol–water partition coefficient (Wildman–Crippen LogP) is 0.953. The number of aromatic nitrogens is 2. The second kappa shape index (κ2) is 7.18. The maximum atomic E-state index is 12.6. The average Bonchev–Trinajstić information content (AvgIpc) is 2.62. The highest BCUT2D eigenvalue weighted by molar-refractivity contribution is 7.88. The van der Waals surface area contributed by atoms with E-state index in [9.17, 15) is 13.2 Å². The highest BCUT2D eigenvalue weighted by Crippen LogP contribution is 2.41. The Morgan fingerprint density at radius 3 is 2.78 bits per heavy atom. The monoisotopic (exact) mass is 388 g/mol. The van der Waals surface area contributed by atoms with Crippen LogP contribution in [0.25, 0.3) is 0 Å². The Bertz CT molecular complexity index is 974. The molecule has 0 saturated carbocycles. The standard InChI is InChI=1S/C19H24N4O3S/c1-27(25,26)21-10-18-15-9-14(17-6-4-7-19(24)23(17)18)11-22(12-15)13-16-5-2-3-8-20-16/h2-8,14-15,18,21H,9-13H2,1H3/t14-,15+,18+/m1/s1. The molecule has 2 aliphatic rings. The summed E-state index contributed by atoms with van der Waals surface area (Å²) in [6.07, 6.45) is 3.92. The van der Waals surface area contributed by atoms with E-state index < -0.39 is 10.0 Å². The zero-order valence-corrected chi connectivity index (χ0v) is 16.1. The first-order chi connectivity index (χ1) is 12.9. The van der Waals surface area contributed by atoms with Gasteiger partial charge in [-0.15, -0.1) is 0 Å². The highest BCUT2D eigenvalue weighted by Gasteiger charge is 2.40. The minimum absolute atomic E-state index is 0.0549. The van der Waals surface area contributed by atoms with Gasteiger partial charge in [-0.2, -0.15) is 0 Å². The van der Waals surface area contributed by atoms with E-state index in [-0.39, 0.29) is 30.0 Å². The largest absolute Gasteiger partial charge is 0.308 e. The van der Waals surface area contributed by atoms with E-state index >= 15 is 0 Å². The molecule has 144 valence electrons. The molecule has 2 aromatic heterocycles. The lowest BCUT2D eigenvalue weighted by Crippen LogP contribution is -2.51. The van der Waals surface area contributed by atoms with Gasteiger partial charge >= 0.3 is 0 Å². The molecule has 1 saturated heterocycles. The highest BCUT2D eigenvalue weighted by atomic mass is 32.2. The first-order valence-corrected chi connectivity index (χ1v) is 11.1. The second-order valence-electron chi connectivity index (χ2n) is 7.55. The molecule has 1 fully saturated rings. The van der Waals surface area contributed by atoms with Crippen molar-refractivity contribution in [3.05, 3.63) is 64.3 Å². The van der Waals surface area contributed by atoms with Crippen molar-refractivity contribution in [3.63, 3.8) is 0 Å². The van der Waals surface area contributed by atoms with Gasteiger partial charge in [-0.05, 0) is 30.5 Å². The summed E-state index contributed by atoms with van der Waals surface area (Å²) in [5, 5.41) is 0. The number of nitrogens with one attached hydrogen (secondary N) is 1. The van der Waals surface area contributed by atoms with E-state index in [1.54, 1.807) is 18.3 Å². The summed E-state index contributed by atoms with van der Waals surface area (Å²) < 4.78 is 27.7. The van der Waals surface area contributed by atoms with Crippen LogP contribution in [-0.4, -0.2) is 48.8 Å². The van der Waals surface area contributed by atoms with E-state index in [1.165, 1.54) is 0 Å². The minimum Gasteiger partial charge on any atom is -0.308 e. The lowest BCUT2D eigenvalue weighted by molar-refractivity contribution is 0.0860. The number of fused-ring (bicyclic) bond motifs is 4. The fourth-order valence-electron chi connectivity index (χ4n) is 4.49. The molecule has 0 radical (unpaired) electrons. The van der Waals surface area contributed by atoms with Crippen molar-refractivity contribution in [3.8, 4) is 0 Å². The number of pyridine rings is 2. The lowest BCUT2D eigenvalue weighted by Gasteiger charge is -2.47. The Morgan fingerprint density at radius 2 is 2.04 bits per heavy atom. The van der Waals surface area contributed by atoms with Gasteiger partial charge in [0.05, 0.1) is 18.0 Å². The Balaban J connectivity index is 1.64. The average molecular weight is 388 g/mol. The molecule has 2 aliphatic heterocycles. The molecule has 3 atom stereocenters. The summed E-state index contributed by atoms with van der Waals surface area (Å²) in [5.41, 5.74) is 1.97. The van der Waals surface area contributed by atoms with Crippen LogP contribution in [0.1, 0.15) is 29.8 Å². The van der Waals surface area contributed by atoms with Crippen molar-refractivity contribution in [2.75, 3.05) is 25.9 Å². The van der Waals surface area contributed by atoms with Gasteiger partial charge in [0, 0.05) is 50.1 Å². The van der Waals surface area contributed by atoms with Crippen molar-refractivity contribution in [1.29, 1.82) is 0 Å². The first-order valence-electron chi connectivity index (χ1n) is 9.19. The molecule has 0 spiro atoms. The van der Waals surface area contributed by atoms with Crippen molar-refractivity contribution in [2.24, 2.45) is 5.92 Å². The SMILES string of the molecule is CS(=O)(=O)NC[C@H]1[C@H]2C[C@H](CN(Cc3ccccn3)C2)c2cccc(=O)n21. The summed E-state index contributed by atoms with van der Waals surface area (Å²) in [6, 6.07) is 11.1. The summed E-state index contributed by atoms with van der Waals surface area (Å²) >= 11 is 0. The fraction of sp³-hybridized carbons (Fsp3) is 0.474. The number of piperidine rings is 1. The number of likely N-dealkylation sites (tertiary alicyclic amines) is 1. The molecule has 7 nitrogen and oxygen atoms in total. The van der Waals surface area contributed by atoms with E-state index in [0.717, 1.165) is 43.7 Å². The number of hydrogen-bond donors (Lipinski definition) is 1. The second-order valence-corrected chi connectivity index (χ2v) is 9.39. The van der Waals surface area contributed by atoms with E-state index in [4.69, 9.17) is 0 Å². The van der Waals surface area contributed by atoms with Crippen molar-refractivity contribution < 1.29 is 8.42 Å².